The molecule has 0 aliphatic carbocycles. The number of carbonyl (C=O) groups excluding carboxylic acids is 2. The highest BCUT2D eigenvalue weighted by molar-refractivity contribution is 5.78. The molecule has 0 aromatic heterocycles. The van der Waals surface area contributed by atoms with Crippen molar-refractivity contribution in [1.29, 1.82) is 0 Å². The van der Waals surface area contributed by atoms with Crippen molar-refractivity contribution in [3.8, 4) is 0 Å². The van der Waals surface area contributed by atoms with Crippen molar-refractivity contribution in [2.24, 2.45) is 0 Å². The maximum Gasteiger partial charge on any atom is 0.224 e. The van der Waals surface area contributed by atoms with E-state index in [1.807, 2.05) is 4.90 Å². The number of hydrogen-bond acceptors (Lipinski definition) is 2. The summed E-state index contributed by atoms with van der Waals surface area (Å²) in [4.78, 5) is 27.7. The van der Waals surface area contributed by atoms with Crippen LogP contribution in [0.5, 0.6) is 0 Å². The van der Waals surface area contributed by atoms with E-state index in [-0.39, 0.29) is 17.6 Å². The number of rotatable bonds is 5. The minimum atomic E-state index is -0.292. The molecule has 1 saturated heterocycles. The molecule has 0 atom stereocenters. The van der Waals surface area contributed by atoms with E-state index >= 15 is 0 Å². The third kappa shape index (κ3) is 5.66. The van der Waals surface area contributed by atoms with E-state index in [2.05, 4.69) is 0 Å². The van der Waals surface area contributed by atoms with E-state index in [1.54, 1.807) is 17.0 Å². The quantitative estimate of drug-likeness (QED) is 0.837. The summed E-state index contributed by atoms with van der Waals surface area (Å²) in [7, 11) is 0. The number of carbonyl (C=O) groups is 2. The lowest BCUT2D eigenvalue weighted by Crippen LogP contribution is -2.36. The zero-order chi connectivity index (χ0) is 16.7. The predicted molar refractivity (Wildman–Crippen MR) is 87.2 cm³/mol. The molecular weight excluding hydrogens is 295 g/mol. The van der Waals surface area contributed by atoms with Gasteiger partial charge in [0.2, 0.25) is 11.8 Å². The van der Waals surface area contributed by atoms with Crippen LogP contribution in [0, 0.1) is 5.82 Å². The Morgan fingerprint density at radius 3 is 2.26 bits per heavy atom. The van der Waals surface area contributed by atoms with Crippen LogP contribution in [0.2, 0.25) is 0 Å². The van der Waals surface area contributed by atoms with Gasteiger partial charge in [0.25, 0.3) is 0 Å². The Morgan fingerprint density at radius 2 is 1.70 bits per heavy atom. The monoisotopic (exact) mass is 320 g/mol. The molecule has 4 nitrogen and oxygen atoms in total. The average molecular weight is 320 g/mol. The van der Waals surface area contributed by atoms with E-state index < -0.39 is 0 Å². The lowest BCUT2D eigenvalue weighted by atomic mass is 10.2. The van der Waals surface area contributed by atoms with Gasteiger partial charge in [-0.2, -0.15) is 0 Å². The third-order valence-corrected chi connectivity index (χ3v) is 4.29. The van der Waals surface area contributed by atoms with Gasteiger partial charge in [0.05, 0.1) is 0 Å². The first-order valence-corrected chi connectivity index (χ1v) is 8.34. The summed E-state index contributed by atoms with van der Waals surface area (Å²) in [6, 6.07) is 6.11. The fraction of sp³-hybridized carbons (Fsp3) is 0.556. The summed E-state index contributed by atoms with van der Waals surface area (Å²) < 4.78 is 12.9. The summed E-state index contributed by atoms with van der Waals surface area (Å²) in [6.07, 6.45) is 4.86. The normalized spacial score (nSPS) is 15.1. The van der Waals surface area contributed by atoms with E-state index in [1.165, 1.54) is 31.9 Å². The fourth-order valence-corrected chi connectivity index (χ4v) is 2.87. The second-order valence-electron chi connectivity index (χ2n) is 6.11. The zero-order valence-electron chi connectivity index (χ0n) is 13.8. The van der Waals surface area contributed by atoms with Gasteiger partial charge in [-0.1, -0.05) is 25.0 Å². The summed E-state index contributed by atoms with van der Waals surface area (Å²) in [5.41, 5.74) is 0.865. The van der Waals surface area contributed by atoms with E-state index in [0.29, 0.717) is 19.5 Å². The Labute approximate surface area is 137 Å². The molecule has 2 amide bonds. The van der Waals surface area contributed by atoms with Crippen LogP contribution in [0.25, 0.3) is 0 Å². The average Bonchev–Trinajstić information content (AvgIpc) is 2.82. The molecule has 0 saturated carbocycles. The van der Waals surface area contributed by atoms with Gasteiger partial charge in [-0.05, 0) is 30.5 Å². The van der Waals surface area contributed by atoms with Crippen molar-refractivity contribution < 1.29 is 14.0 Å². The molecule has 2 rings (SSSR count). The highest BCUT2D eigenvalue weighted by Gasteiger charge is 2.17. The second kappa shape index (κ2) is 8.65. The maximum atomic E-state index is 12.9. The summed E-state index contributed by atoms with van der Waals surface area (Å²) in [5.74, 6) is -0.241. The van der Waals surface area contributed by atoms with Gasteiger partial charge in [-0.3, -0.25) is 9.59 Å². The van der Waals surface area contributed by atoms with Crippen LogP contribution in [0.15, 0.2) is 24.3 Å². The number of amides is 2. The van der Waals surface area contributed by atoms with E-state index in [4.69, 9.17) is 0 Å². The highest BCUT2D eigenvalue weighted by Crippen LogP contribution is 2.12. The Kier molecular flexibility index (Phi) is 6.56. The predicted octanol–water partition coefficient (Wildman–Crippen LogP) is 2.97. The SMILES string of the molecule is CC(=O)N(CCC(=O)N1CCCCCC1)Cc1ccc(F)cc1. The molecule has 0 N–H and O–H groups in total. The van der Waals surface area contributed by atoms with Crippen LogP contribution < -0.4 is 0 Å². The molecule has 1 aromatic rings. The minimum absolute atomic E-state index is 0.0713. The molecule has 0 spiro atoms. The number of halogens is 1. The molecule has 1 fully saturated rings. The first-order valence-electron chi connectivity index (χ1n) is 8.34. The molecule has 1 aliphatic rings. The number of benzene rings is 1. The van der Waals surface area contributed by atoms with Gasteiger partial charge < -0.3 is 9.80 Å². The lowest BCUT2D eigenvalue weighted by Gasteiger charge is -2.24. The number of likely N-dealkylation sites (tertiary alicyclic amines) is 1. The summed E-state index contributed by atoms with van der Waals surface area (Å²) >= 11 is 0. The first-order chi connectivity index (χ1) is 11.1. The number of nitrogens with zero attached hydrogens (tertiary/aromatic N) is 2. The molecular formula is C18H25FN2O2. The molecule has 126 valence electrons. The van der Waals surface area contributed by atoms with Gasteiger partial charge in [-0.15, -0.1) is 0 Å². The van der Waals surface area contributed by atoms with Crippen molar-refractivity contribution in [2.75, 3.05) is 19.6 Å². The largest absolute Gasteiger partial charge is 0.343 e. The van der Waals surface area contributed by atoms with Crippen molar-refractivity contribution in [2.45, 2.75) is 45.6 Å². The minimum Gasteiger partial charge on any atom is -0.343 e. The van der Waals surface area contributed by atoms with Gasteiger partial charge in [0.1, 0.15) is 5.82 Å². The van der Waals surface area contributed by atoms with Crippen LogP contribution in [-0.4, -0.2) is 41.2 Å². The van der Waals surface area contributed by atoms with Crippen LogP contribution >= 0.6 is 0 Å². The Balaban J connectivity index is 1.87. The topological polar surface area (TPSA) is 40.6 Å². The molecule has 0 unspecified atom stereocenters. The van der Waals surface area contributed by atoms with Crippen LogP contribution in [-0.2, 0) is 16.1 Å². The van der Waals surface area contributed by atoms with Crippen molar-refractivity contribution in [1.82, 2.24) is 9.80 Å². The molecule has 1 aliphatic heterocycles. The van der Waals surface area contributed by atoms with Crippen molar-refractivity contribution in [3.63, 3.8) is 0 Å². The first kappa shape index (κ1) is 17.4. The fourth-order valence-electron chi connectivity index (χ4n) is 2.87. The van der Waals surface area contributed by atoms with E-state index in [0.717, 1.165) is 31.5 Å². The van der Waals surface area contributed by atoms with Crippen LogP contribution in [0.3, 0.4) is 0 Å². The zero-order valence-corrected chi connectivity index (χ0v) is 13.8. The Bertz CT molecular complexity index is 522. The van der Waals surface area contributed by atoms with Gasteiger partial charge in [0.15, 0.2) is 0 Å². The Hall–Kier alpha value is -1.91. The smallest absolute Gasteiger partial charge is 0.224 e. The van der Waals surface area contributed by atoms with Crippen molar-refractivity contribution in [3.05, 3.63) is 35.6 Å². The molecule has 1 heterocycles. The maximum absolute atomic E-state index is 12.9. The standard InChI is InChI=1S/C18H25FN2O2/c1-15(22)21(14-16-6-8-17(19)9-7-16)13-10-18(23)20-11-4-2-3-5-12-20/h6-9H,2-5,10-14H2,1H3. The molecule has 0 radical (unpaired) electrons. The third-order valence-electron chi connectivity index (χ3n) is 4.29. The van der Waals surface area contributed by atoms with E-state index in [9.17, 15) is 14.0 Å². The summed E-state index contributed by atoms with van der Waals surface area (Å²) in [5, 5.41) is 0. The van der Waals surface area contributed by atoms with Crippen LogP contribution in [0.1, 0.15) is 44.6 Å². The molecule has 23 heavy (non-hydrogen) atoms. The van der Waals surface area contributed by atoms with Crippen LogP contribution in [0.4, 0.5) is 4.39 Å². The number of hydrogen-bond donors (Lipinski definition) is 0. The van der Waals surface area contributed by atoms with Gasteiger partial charge >= 0.3 is 0 Å². The molecule has 1 aromatic carbocycles. The van der Waals surface area contributed by atoms with Gasteiger partial charge in [-0.25, -0.2) is 4.39 Å². The molecule has 0 bridgehead atoms. The Morgan fingerprint density at radius 1 is 1.09 bits per heavy atom. The lowest BCUT2D eigenvalue weighted by molar-refractivity contribution is -0.133. The van der Waals surface area contributed by atoms with Crippen molar-refractivity contribution >= 4 is 11.8 Å². The second-order valence-corrected chi connectivity index (χ2v) is 6.11. The highest BCUT2D eigenvalue weighted by atomic mass is 19.1. The summed E-state index contributed by atoms with van der Waals surface area (Å²) in [6.45, 7) is 3.97. The molecule has 5 heteroatoms. The van der Waals surface area contributed by atoms with Gasteiger partial charge in [0, 0.05) is 39.5 Å².